The number of fused-ring (bicyclic) bond motifs is 2. The van der Waals surface area contributed by atoms with Gasteiger partial charge < -0.3 is 31.1 Å². The molecule has 1 aliphatic heterocycles. The van der Waals surface area contributed by atoms with Crippen molar-refractivity contribution >= 4 is 40.9 Å². The van der Waals surface area contributed by atoms with Crippen LogP contribution < -0.4 is 21.7 Å². The van der Waals surface area contributed by atoms with Gasteiger partial charge in [0.25, 0.3) is 5.91 Å². The number of likely N-dealkylation sites (tertiary alicyclic amines) is 1. The summed E-state index contributed by atoms with van der Waals surface area (Å²) in [7, 11) is 1.75. The van der Waals surface area contributed by atoms with Crippen LogP contribution in [-0.2, 0) is 30.5 Å². The lowest BCUT2D eigenvalue weighted by Gasteiger charge is -2.37. The van der Waals surface area contributed by atoms with Gasteiger partial charge in [-0.15, -0.1) is 4.31 Å². The molecule has 13 heteroatoms. The number of ketones is 1. The summed E-state index contributed by atoms with van der Waals surface area (Å²) >= 11 is -1.21. The number of likely N-dealkylation sites (N-methyl/N-ethyl adjacent to an activating group) is 1. The molecule has 2 unspecified atom stereocenters. The third kappa shape index (κ3) is 8.26. The highest BCUT2D eigenvalue weighted by Gasteiger charge is 2.64. The second-order valence-corrected chi connectivity index (χ2v) is 17.7. The molecule has 5 aliphatic rings. The summed E-state index contributed by atoms with van der Waals surface area (Å²) in [6.45, 7) is 6.84. The number of nitrogens with one attached hydrogen (secondary N) is 3. The summed E-state index contributed by atoms with van der Waals surface area (Å²) in [5, 5.41) is 9.00. The number of hydrogen-bond donors (Lipinski definition) is 4. The molecule has 4 saturated carbocycles. The standard InChI is InChI=1S/C34H56N6O6S/c1-33(2,3)25(19-39(4)47(5)46)37-32(45)38-26(21-9-7-6-8-10-21)31(44)40-18-23-22(13-14-34(23)15-16-34)27(40)30(43)36-24(17-20-11-12-20)28(41)29(35)42/h20-27H,6-19H2,1-5H3,(H2,35,42)(H,36,43)(H2,37,38,45)/t22-,23-,24?,25+,26-,27-,47?/m0/s1. The molecule has 0 bridgehead atoms. The zero-order valence-corrected chi connectivity index (χ0v) is 29.7. The van der Waals surface area contributed by atoms with Gasteiger partial charge in [-0.25, -0.2) is 4.79 Å². The molecule has 12 nitrogen and oxygen atoms in total. The number of amides is 5. The molecule has 1 saturated heterocycles. The fourth-order valence-corrected chi connectivity index (χ4v) is 8.88. The van der Waals surface area contributed by atoms with Crippen molar-refractivity contribution in [2.45, 2.75) is 122 Å². The molecule has 264 valence electrons. The SMILES string of the molecule is CN(C[C@@H](NC(=O)N[C@H](C(=O)N1C[C@H]2[C@H](CCC23CC3)[C@H]1C(=O)NC(CC1CC1)C(=O)C(N)=O)C1CCCCC1)C(C)(C)C)[S+](C)[O-]. The first-order valence-corrected chi connectivity index (χ1v) is 19.2. The van der Waals surface area contributed by atoms with E-state index in [4.69, 9.17) is 5.73 Å². The highest BCUT2D eigenvalue weighted by Crippen LogP contribution is 2.66. The maximum atomic E-state index is 14.7. The average Bonchev–Trinajstić information content (AvgIpc) is 3.92. The Kier molecular flexibility index (Phi) is 10.9. The molecule has 0 aromatic rings. The van der Waals surface area contributed by atoms with Crippen molar-refractivity contribution in [1.82, 2.24) is 25.2 Å². The van der Waals surface area contributed by atoms with E-state index < -0.39 is 53.1 Å². The minimum Gasteiger partial charge on any atom is -0.598 e. The van der Waals surface area contributed by atoms with Gasteiger partial charge in [-0.3, -0.25) is 19.2 Å². The van der Waals surface area contributed by atoms with Gasteiger partial charge in [-0.05, 0) is 79.4 Å². The largest absolute Gasteiger partial charge is 0.598 e. The Balaban J connectivity index is 1.38. The lowest BCUT2D eigenvalue weighted by molar-refractivity contribution is -0.143. The number of hydrogen-bond acceptors (Lipinski definition) is 7. The summed E-state index contributed by atoms with van der Waals surface area (Å²) in [5.74, 6) is -2.17. The van der Waals surface area contributed by atoms with Gasteiger partial charge in [-0.1, -0.05) is 52.9 Å². The van der Waals surface area contributed by atoms with E-state index in [-0.39, 0.29) is 46.5 Å². The number of primary amides is 1. The number of carbonyl (C=O) groups is 5. The zero-order chi connectivity index (χ0) is 34.3. The van der Waals surface area contributed by atoms with Crippen molar-refractivity contribution < 1.29 is 28.5 Å². The van der Waals surface area contributed by atoms with Crippen LogP contribution in [-0.4, -0.2) is 93.9 Å². The average molecular weight is 677 g/mol. The number of rotatable bonds is 13. The number of Topliss-reactive ketones (excluding diaryl/α,β-unsaturated/α-hetero) is 1. The van der Waals surface area contributed by atoms with Crippen molar-refractivity contribution in [2.75, 3.05) is 26.4 Å². The van der Waals surface area contributed by atoms with Gasteiger partial charge >= 0.3 is 6.03 Å². The smallest absolute Gasteiger partial charge is 0.315 e. The van der Waals surface area contributed by atoms with Gasteiger partial charge in [-0.2, -0.15) is 0 Å². The number of carbonyl (C=O) groups excluding carboxylic acids is 5. The maximum absolute atomic E-state index is 14.7. The van der Waals surface area contributed by atoms with Crippen molar-refractivity contribution in [2.24, 2.45) is 40.2 Å². The Morgan fingerprint density at radius 1 is 0.979 bits per heavy atom. The van der Waals surface area contributed by atoms with Gasteiger partial charge in [0.1, 0.15) is 18.3 Å². The molecule has 5 rings (SSSR count). The van der Waals surface area contributed by atoms with Crippen molar-refractivity contribution in [3.05, 3.63) is 0 Å². The zero-order valence-electron chi connectivity index (χ0n) is 28.8. The van der Waals surface area contributed by atoms with E-state index in [2.05, 4.69) is 16.0 Å². The Hall–Kier alpha value is -2.38. The van der Waals surface area contributed by atoms with Crippen LogP contribution in [0.1, 0.15) is 97.8 Å². The van der Waals surface area contributed by atoms with Crippen LogP contribution in [0.3, 0.4) is 0 Å². The molecule has 7 atom stereocenters. The van der Waals surface area contributed by atoms with E-state index in [1.807, 2.05) is 20.8 Å². The second-order valence-electron chi connectivity index (χ2n) is 16.2. The van der Waals surface area contributed by atoms with Gasteiger partial charge in [0, 0.05) is 25.0 Å². The summed E-state index contributed by atoms with van der Waals surface area (Å²) < 4.78 is 13.8. The molecular weight excluding hydrogens is 620 g/mol. The van der Waals surface area contributed by atoms with Crippen LogP contribution in [0.15, 0.2) is 0 Å². The van der Waals surface area contributed by atoms with E-state index in [1.165, 1.54) is 0 Å². The molecule has 5 amide bonds. The van der Waals surface area contributed by atoms with E-state index in [1.54, 1.807) is 22.5 Å². The van der Waals surface area contributed by atoms with Crippen LogP contribution in [0.5, 0.6) is 0 Å². The molecule has 0 aromatic heterocycles. The van der Waals surface area contributed by atoms with Crippen LogP contribution in [0.25, 0.3) is 0 Å². The fourth-order valence-electron chi connectivity index (χ4n) is 8.52. The molecule has 0 radical (unpaired) electrons. The molecule has 0 aromatic carbocycles. The molecule has 4 aliphatic carbocycles. The summed E-state index contributed by atoms with van der Waals surface area (Å²) in [5.41, 5.74) is 5.18. The molecule has 1 spiro atoms. The predicted molar refractivity (Wildman–Crippen MR) is 179 cm³/mol. The first kappa shape index (κ1) is 35.9. The Labute approximate surface area is 282 Å². The van der Waals surface area contributed by atoms with Gasteiger partial charge in [0.15, 0.2) is 0 Å². The molecule has 5 fully saturated rings. The topological polar surface area (TPSA) is 177 Å². The lowest BCUT2D eigenvalue weighted by Crippen LogP contribution is -2.61. The highest BCUT2D eigenvalue weighted by atomic mass is 32.2. The minimum absolute atomic E-state index is 0.0386. The first-order chi connectivity index (χ1) is 22.1. The Morgan fingerprint density at radius 2 is 1.64 bits per heavy atom. The molecule has 1 heterocycles. The van der Waals surface area contributed by atoms with E-state index in [9.17, 15) is 28.5 Å². The molecule has 47 heavy (non-hydrogen) atoms. The third-order valence-corrected chi connectivity index (χ3v) is 12.9. The minimum atomic E-state index is -1.21. The maximum Gasteiger partial charge on any atom is 0.315 e. The van der Waals surface area contributed by atoms with Crippen LogP contribution in [0.4, 0.5) is 4.79 Å². The van der Waals surface area contributed by atoms with E-state index >= 15 is 0 Å². The quantitative estimate of drug-likeness (QED) is 0.171. The van der Waals surface area contributed by atoms with Crippen LogP contribution in [0, 0.1) is 34.5 Å². The number of urea groups is 1. The molecule has 5 N–H and O–H groups in total. The number of nitrogens with zero attached hydrogens (tertiary/aromatic N) is 2. The highest BCUT2D eigenvalue weighted by molar-refractivity contribution is 7.88. The van der Waals surface area contributed by atoms with Crippen molar-refractivity contribution in [1.29, 1.82) is 0 Å². The third-order valence-electron chi connectivity index (χ3n) is 11.9. The van der Waals surface area contributed by atoms with E-state index in [0.29, 0.717) is 19.5 Å². The van der Waals surface area contributed by atoms with Crippen LogP contribution in [0.2, 0.25) is 0 Å². The lowest BCUT2D eigenvalue weighted by atomic mass is 9.83. The Bertz CT molecular complexity index is 1210. The summed E-state index contributed by atoms with van der Waals surface area (Å²) in [4.78, 5) is 68.9. The van der Waals surface area contributed by atoms with Crippen LogP contribution >= 0.6 is 0 Å². The Morgan fingerprint density at radius 3 is 2.19 bits per heavy atom. The van der Waals surface area contributed by atoms with Gasteiger partial charge in [0.05, 0.1) is 18.6 Å². The number of nitrogens with two attached hydrogens (primary N) is 1. The van der Waals surface area contributed by atoms with E-state index in [0.717, 1.165) is 70.6 Å². The normalized spacial score (nSPS) is 27.9. The molecular formula is C34H56N6O6S. The predicted octanol–water partition coefficient (Wildman–Crippen LogP) is 2.23. The fraction of sp³-hybridized carbons (Fsp3) is 0.853. The van der Waals surface area contributed by atoms with Crippen molar-refractivity contribution in [3.63, 3.8) is 0 Å². The van der Waals surface area contributed by atoms with Gasteiger partial charge in [0.2, 0.25) is 17.6 Å². The summed E-state index contributed by atoms with van der Waals surface area (Å²) in [6, 6.07) is -3.39. The van der Waals surface area contributed by atoms with Crippen molar-refractivity contribution in [3.8, 4) is 0 Å². The summed E-state index contributed by atoms with van der Waals surface area (Å²) in [6.07, 6.45) is 12.5. The first-order valence-electron chi connectivity index (χ1n) is 17.7. The monoisotopic (exact) mass is 676 g/mol. The second kappa shape index (κ2) is 14.2.